The normalized spacial score (nSPS) is 12.2. The van der Waals surface area contributed by atoms with Crippen molar-refractivity contribution in [2.45, 2.75) is 12.8 Å². The number of methoxy groups -OCH3 is 1. The number of hydrogen-bond acceptors (Lipinski definition) is 2. The van der Waals surface area contributed by atoms with Crippen LogP contribution in [-0.2, 0) is 12.8 Å². The minimum atomic E-state index is 0.353. The fourth-order valence-electron chi connectivity index (χ4n) is 2.45. The first kappa shape index (κ1) is 16.3. The fraction of sp³-hybridized carbons (Fsp3) is 0.294. The summed E-state index contributed by atoms with van der Waals surface area (Å²) in [6.07, 6.45) is 1.79. The van der Waals surface area contributed by atoms with Gasteiger partial charge in [-0.2, -0.15) is 0 Å². The topological polar surface area (TPSA) is 35.2 Å². The highest BCUT2D eigenvalue weighted by molar-refractivity contribution is 9.10. The molecule has 0 heterocycles. The van der Waals surface area contributed by atoms with Gasteiger partial charge in [-0.1, -0.05) is 39.7 Å². The van der Waals surface area contributed by atoms with Gasteiger partial charge in [0.1, 0.15) is 5.75 Å². The molecular formula is C17H19BrClNO. The van der Waals surface area contributed by atoms with Crippen molar-refractivity contribution in [2.75, 3.05) is 13.7 Å². The number of halogens is 2. The predicted octanol–water partition coefficient (Wildman–Crippen LogP) is 4.47. The van der Waals surface area contributed by atoms with Gasteiger partial charge in [-0.15, -0.1) is 0 Å². The Balaban J connectivity index is 2.14. The summed E-state index contributed by atoms with van der Waals surface area (Å²) in [6, 6.07) is 14.1. The minimum absolute atomic E-state index is 0.353. The average Bonchev–Trinajstić information content (AvgIpc) is 2.47. The number of hydrogen-bond donors (Lipinski definition) is 1. The molecular weight excluding hydrogens is 350 g/mol. The van der Waals surface area contributed by atoms with Crippen LogP contribution in [0.5, 0.6) is 5.75 Å². The van der Waals surface area contributed by atoms with Crippen molar-refractivity contribution in [3.8, 4) is 5.75 Å². The van der Waals surface area contributed by atoms with E-state index in [1.807, 2.05) is 30.3 Å². The third kappa shape index (κ3) is 4.73. The Morgan fingerprint density at radius 3 is 2.67 bits per heavy atom. The summed E-state index contributed by atoms with van der Waals surface area (Å²) >= 11 is 9.59. The zero-order chi connectivity index (χ0) is 15.2. The van der Waals surface area contributed by atoms with Gasteiger partial charge in [-0.25, -0.2) is 0 Å². The molecule has 0 aliphatic heterocycles. The van der Waals surface area contributed by atoms with E-state index in [-0.39, 0.29) is 0 Å². The SMILES string of the molecule is COc1ccc(Cl)cc1CC(CN)Cc1cccc(Br)c1. The molecule has 1 atom stereocenters. The molecule has 0 spiro atoms. The highest BCUT2D eigenvalue weighted by Crippen LogP contribution is 2.26. The van der Waals surface area contributed by atoms with Crippen LogP contribution in [0.1, 0.15) is 11.1 Å². The lowest BCUT2D eigenvalue weighted by molar-refractivity contribution is 0.404. The highest BCUT2D eigenvalue weighted by atomic mass is 79.9. The summed E-state index contributed by atoms with van der Waals surface area (Å²) < 4.78 is 6.50. The molecule has 2 aromatic carbocycles. The monoisotopic (exact) mass is 367 g/mol. The van der Waals surface area contributed by atoms with Crippen molar-refractivity contribution in [2.24, 2.45) is 11.7 Å². The average molecular weight is 369 g/mol. The van der Waals surface area contributed by atoms with Crippen LogP contribution in [0.4, 0.5) is 0 Å². The van der Waals surface area contributed by atoms with Crippen LogP contribution in [0.2, 0.25) is 5.02 Å². The molecule has 1 unspecified atom stereocenters. The van der Waals surface area contributed by atoms with Crippen LogP contribution in [0.15, 0.2) is 46.9 Å². The Morgan fingerprint density at radius 2 is 2.00 bits per heavy atom. The van der Waals surface area contributed by atoms with Crippen LogP contribution >= 0.6 is 27.5 Å². The lowest BCUT2D eigenvalue weighted by atomic mass is 9.92. The Labute approximate surface area is 139 Å². The van der Waals surface area contributed by atoms with Crippen molar-refractivity contribution >= 4 is 27.5 Å². The van der Waals surface area contributed by atoms with Gasteiger partial charge in [0.25, 0.3) is 0 Å². The third-order valence-electron chi connectivity index (χ3n) is 3.50. The molecule has 2 rings (SSSR count). The summed E-state index contributed by atoms with van der Waals surface area (Å²) in [6.45, 7) is 0.627. The van der Waals surface area contributed by atoms with Gasteiger partial charge >= 0.3 is 0 Å². The van der Waals surface area contributed by atoms with Crippen molar-refractivity contribution in [3.05, 3.63) is 63.1 Å². The molecule has 21 heavy (non-hydrogen) atoms. The van der Waals surface area contributed by atoms with Gasteiger partial charge in [0.2, 0.25) is 0 Å². The lowest BCUT2D eigenvalue weighted by Crippen LogP contribution is -2.19. The van der Waals surface area contributed by atoms with E-state index >= 15 is 0 Å². The second-order valence-electron chi connectivity index (χ2n) is 5.10. The van der Waals surface area contributed by atoms with Gasteiger partial charge < -0.3 is 10.5 Å². The molecule has 2 N–H and O–H groups in total. The van der Waals surface area contributed by atoms with E-state index in [9.17, 15) is 0 Å². The van der Waals surface area contributed by atoms with Gasteiger partial charge in [0.05, 0.1) is 7.11 Å². The highest BCUT2D eigenvalue weighted by Gasteiger charge is 2.13. The van der Waals surface area contributed by atoms with Crippen LogP contribution in [0.25, 0.3) is 0 Å². The van der Waals surface area contributed by atoms with Crippen LogP contribution in [0.3, 0.4) is 0 Å². The summed E-state index contributed by atoms with van der Waals surface area (Å²) in [4.78, 5) is 0. The van der Waals surface area contributed by atoms with E-state index in [1.165, 1.54) is 5.56 Å². The number of ether oxygens (including phenoxy) is 1. The summed E-state index contributed by atoms with van der Waals surface area (Å²) in [5.74, 6) is 1.22. The fourth-order valence-corrected chi connectivity index (χ4v) is 3.10. The summed E-state index contributed by atoms with van der Waals surface area (Å²) in [5, 5.41) is 0.726. The molecule has 0 aromatic heterocycles. The quantitative estimate of drug-likeness (QED) is 0.816. The van der Waals surface area contributed by atoms with E-state index in [2.05, 4.69) is 28.1 Å². The van der Waals surface area contributed by atoms with E-state index in [1.54, 1.807) is 7.11 Å². The molecule has 0 bridgehead atoms. The zero-order valence-electron chi connectivity index (χ0n) is 12.0. The first-order valence-electron chi connectivity index (χ1n) is 6.89. The Hall–Kier alpha value is -1.03. The molecule has 2 aromatic rings. The molecule has 0 fully saturated rings. The molecule has 112 valence electrons. The second kappa shape index (κ2) is 7.83. The maximum Gasteiger partial charge on any atom is 0.122 e. The smallest absolute Gasteiger partial charge is 0.122 e. The van der Waals surface area contributed by atoms with Crippen LogP contribution < -0.4 is 10.5 Å². The first-order chi connectivity index (χ1) is 10.1. The van der Waals surface area contributed by atoms with Crippen LogP contribution in [-0.4, -0.2) is 13.7 Å². The van der Waals surface area contributed by atoms with Gasteiger partial charge in [-0.3, -0.25) is 0 Å². The van der Waals surface area contributed by atoms with Gasteiger partial charge in [-0.05, 0) is 66.8 Å². The van der Waals surface area contributed by atoms with E-state index in [4.69, 9.17) is 22.1 Å². The van der Waals surface area contributed by atoms with Gasteiger partial charge in [0.15, 0.2) is 0 Å². The summed E-state index contributed by atoms with van der Waals surface area (Å²) in [7, 11) is 1.68. The van der Waals surface area contributed by atoms with Crippen molar-refractivity contribution < 1.29 is 4.74 Å². The molecule has 0 saturated heterocycles. The molecule has 0 radical (unpaired) electrons. The van der Waals surface area contributed by atoms with E-state index in [0.29, 0.717) is 12.5 Å². The minimum Gasteiger partial charge on any atom is -0.496 e. The van der Waals surface area contributed by atoms with Crippen molar-refractivity contribution in [1.29, 1.82) is 0 Å². The second-order valence-corrected chi connectivity index (χ2v) is 6.45. The standard InChI is InChI=1S/C17H19BrClNO/c1-21-17-6-5-16(19)10-14(17)8-13(11-20)7-12-3-2-4-15(18)9-12/h2-6,9-10,13H,7-8,11,20H2,1H3. The number of rotatable bonds is 6. The molecule has 4 heteroatoms. The zero-order valence-corrected chi connectivity index (χ0v) is 14.3. The predicted molar refractivity (Wildman–Crippen MR) is 92.1 cm³/mol. The maximum atomic E-state index is 6.09. The first-order valence-corrected chi connectivity index (χ1v) is 8.06. The van der Waals surface area contributed by atoms with Crippen molar-refractivity contribution in [3.63, 3.8) is 0 Å². The molecule has 0 amide bonds. The molecule has 2 nitrogen and oxygen atoms in total. The Bertz CT molecular complexity index is 603. The molecule has 0 saturated carbocycles. The number of benzene rings is 2. The van der Waals surface area contributed by atoms with E-state index in [0.717, 1.165) is 33.6 Å². The maximum absolute atomic E-state index is 6.09. The lowest BCUT2D eigenvalue weighted by Gasteiger charge is -2.17. The van der Waals surface area contributed by atoms with Crippen LogP contribution in [0, 0.1) is 5.92 Å². The Kier molecular flexibility index (Phi) is 6.09. The Morgan fingerprint density at radius 1 is 1.19 bits per heavy atom. The molecule has 0 aliphatic rings. The number of nitrogens with two attached hydrogens (primary N) is 1. The third-order valence-corrected chi connectivity index (χ3v) is 4.23. The summed E-state index contributed by atoms with van der Waals surface area (Å²) in [5.41, 5.74) is 8.34. The van der Waals surface area contributed by atoms with Gasteiger partial charge in [0, 0.05) is 9.50 Å². The van der Waals surface area contributed by atoms with Crippen molar-refractivity contribution in [1.82, 2.24) is 0 Å². The largest absolute Gasteiger partial charge is 0.496 e. The van der Waals surface area contributed by atoms with E-state index < -0.39 is 0 Å². The molecule has 0 aliphatic carbocycles.